The van der Waals surface area contributed by atoms with Crippen molar-refractivity contribution >= 4 is 11.8 Å². The summed E-state index contributed by atoms with van der Waals surface area (Å²) in [5.74, 6) is 0. The van der Waals surface area contributed by atoms with Gasteiger partial charge in [0.05, 0.1) is 0 Å². The van der Waals surface area contributed by atoms with Crippen LogP contribution in [0.4, 0.5) is 0 Å². The second-order valence-electron chi connectivity index (χ2n) is 4.84. The predicted molar refractivity (Wildman–Crippen MR) is 111 cm³/mol. The van der Waals surface area contributed by atoms with E-state index in [-0.39, 0.29) is 0 Å². The minimum absolute atomic E-state index is 0.959. The summed E-state index contributed by atoms with van der Waals surface area (Å²) >= 11 is 1.77. The van der Waals surface area contributed by atoms with Crippen LogP contribution in [0.25, 0.3) is 0 Å². The standard InChI is InChI=1S/C11H16.C6H9NS.2C2H6/c1-3-4-5-11-8-6-10(2)7-9-11;1-8-6-3-2-5(7)4-6;2*1-2/h6-9H,3-5H2,1-2H3;2-3H,4,7H2,1H3;2*1-2H3. The van der Waals surface area contributed by atoms with Crippen LogP contribution in [-0.2, 0) is 6.42 Å². The lowest BCUT2D eigenvalue weighted by Gasteiger charge is -1.99. The second kappa shape index (κ2) is 17.2. The Morgan fingerprint density at radius 3 is 1.91 bits per heavy atom. The maximum absolute atomic E-state index is 5.50. The Hall–Kier alpha value is -1.15. The van der Waals surface area contributed by atoms with Crippen LogP contribution in [0, 0.1) is 6.92 Å². The van der Waals surface area contributed by atoms with Gasteiger partial charge in [0.25, 0.3) is 0 Å². The van der Waals surface area contributed by atoms with Crippen LogP contribution in [0.15, 0.2) is 47.0 Å². The van der Waals surface area contributed by atoms with Crippen molar-refractivity contribution in [3.63, 3.8) is 0 Å². The van der Waals surface area contributed by atoms with Gasteiger partial charge in [0, 0.05) is 12.1 Å². The van der Waals surface area contributed by atoms with Gasteiger partial charge in [0.2, 0.25) is 0 Å². The topological polar surface area (TPSA) is 26.0 Å². The maximum atomic E-state index is 5.50. The first-order valence-corrected chi connectivity index (χ1v) is 10.1. The summed E-state index contributed by atoms with van der Waals surface area (Å²) in [6.45, 7) is 12.4. The summed E-state index contributed by atoms with van der Waals surface area (Å²) in [6.07, 6.45) is 10.9. The molecule has 2 N–H and O–H groups in total. The van der Waals surface area contributed by atoms with Crippen molar-refractivity contribution in [3.05, 3.63) is 58.1 Å². The largest absolute Gasteiger partial charge is 0.402 e. The number of aryl methyl sites for hydroxylation is 2. The van der Waals surface area contributed by atoms with Crippen molar-refractivity contribution in [2.45, 2.75) is 67.2 Å². The summed E-state index contributed by atoms with van der Waals surface area (Å²) in [5.41, 5.74) is 9.30. The van der Waals surface area contributed by atoms with Crippen LogP contribution in [-0.4, -0.2) is 6.26 Å². The molecule has 23 heavy (non-hydrogen) atoms. The average molecular weight is 336 g/mol. The van der Waals surface area contributed by atoms with Gasteiger partial charge in [-0.25, -0.2) is 0 Å². The maximum Gasteiger partial charge on any atom is 0.0181 e. The molecule has 1 aromatic rings. The summed E-state index contributed by atoms with van der Waals surface area (Å²) < 4.78 is 0. The van der Waals surface area contributed by atoms with E-state index in [1.165, 1.54) is 35.3 Å². The number of nitrogens with two attached hydrogens (primary N) is 1. The molecule has 132 valence electrons. The van der Waals surface area contributed by atoms with Crippen molar-refractivity contribution in [1.29, 1.82) is 0 Å². The van der Waals surface area contributed by atoms with Crippen molar-refractivity contribution in [2.24, 2.45) is 5.73 Å². The molecule has 0 fully saturated rings. The Morgan fingerprint density at radius 1 is 1.00 bits per heavy atom. The number of allylic oxidation sites excluding steroid dienone is 3. The van der Waals surface area contributed by atoms with E-state index in [1.54, 1.807) is 11.8 Å². The summed E-state index contributed by atoms with van der Waals surface area (Å²) in [7, 11) is 0. The Kier molecular flexibility index (Phi) is 18.0. The summed E-state index contributed by atoms with van der Waals surface area (Å²) in [4.78, 5) is 1.36. The highest BCUT2D eigenvalue weighted by Crippen LogP contribution is 2.23. The third-order valence-corrected chi connectivity index (χ3v) is 3.87. The first-order chi connectivity index (χ1) is 11.2. The molecular formula is C21H37NS. The lowest BCUT2D eigenvalue weighted by atomic mass is 10.1. The molecule has 2 heteroatoms. The fourth-order valence-electron chi connectivity index (χ4n) is 1.79. The Bertz CT molecular complexity index is 430. The first kappa shape index (κ1) is 24.1. The second-order valence-corrected chi connectivity index (χ2v) is 5.78. The molecule has 0 unspecified atom stereocenters. The third-order valence-electron chi connectivity index (χ3n) is 3.06. The average Bonchev–Trinajstić information content (AvgIpc) is 3.04. The van der Waals surface area contributed by atoms with Crippen molar-refractivity contribution < 1.29 is 0 Å². The van der Waals surface area contributed by atoms with Crippen LogP contribution < -0.4 is 5.73 Å². The van der Waals surface area contributed by atoms with Gasteiger partial charge in [-0.05, 0) is 42.6 Å². The third kappa shape index (κ3) is 13.0. The van der Waals surface area contributed by atoms with Crippen LogP contribution >= 0.6 is 11.8 Å². The van der Waals surface area contributed by atoms with Gasteiger partial charge >= 0.3 is 0 Å². The van der Waals surface area contributed by atoms with E-state index in [0.717, 1.165) is 12.1 Å². The molecule has 0 atom stereocenters. The number of thioether (sulfide) groups is 1. The lowest BCUT2D eigenvalue weighted by Crippen LogP contribution is -1.91. The monoisotopic (exact) mass is 335 g/mol. The zero-order valence-electron chi connectivity index (χ0n) is 16.3. The highest BCUT2D eigenvalue weighted by molar-refractivity contribution is 8.02. The Morgan fingerprint density at radius 2 is 1.57 bits per heavy atom. The highest BCUT2D eigenvalue weighted by Gasteiger charge is 2.01. The molecule has 1 nitrogen and oxygen atoms in total. The van der Waals surface area contributed by atoms with Crippen molar-refractivity contribution in [1.82, 2.24) is 0 Å². The van der Waals surface area contributed by atoms with Gasteiger partial charge in [-0.3, -0.25) is 0 Å². The molecule has 0 aliphatic heterocycles. The highest BCUT2D eigenvalue weighted by atomic mass is 32.2. The number of rotatable bonds is 4. The molecule has 0 spiro atoms. The first-order valence-electron chi connectivity index (χ1n) is 8.90. The van der Waals surface area contributed by atoms with Gasteiger partial charge in [0.1, 0.15) is 0 Å². The Balaban J connectivity index is 0. The summed E-state index contributed by atoms with van der Waals surface area (Å²) in [5, 5.41) is 0. The molecule has 0 heterocycles. The quantitative estimate of drug-likeness (QED) is 0.649. The van der Waals surface area contributed by atoms with E-state index >= 15 is 0 Å². The van der Waals surface area contributed by atoms with E-state index in [2.05, 4.69) is 50.4 Å². The zero-order chi connectivity index (χ0) is 18.1. The number of hydrogen-bond donors (Lipinski definition) is 1. The normalized spacial score (nSPS) is 11.6. The molecular weight excluding hydrogens is 298 g/mol. The van der Waals surface area contributed by atoms with Crippen LogP contribution in [0.2, 0.25) is 0 Å². The molecule has 2 rings (SSSR count). The fourth-order valence-corrected chi connectivity index (χ4v) is 2.31. The molecule has 1 aliphatic carbocycles. The van der Waals surface area contributed by atoms with Gasteiger partial charge in [-0.1, -0.05) is 76.9 Å². The van der Waals surface area contributed by atoms with Crippen LogP contribution in [0.3, 0.4) is 0 Å². The number of hydrogen-bond acceptors (Lipinski definition) is 2. The Labute approximate surface area is 149 Å². The predicted octanol–water partition coefficient (Wildman–Crippen LogP) is 6.87. The van der Waals surface area contributed by atoms with Crippen molar-refractivity contribution in [3.8, 4) is 0 Å². The van der Waals surface area contributed by atoms with E-state index in [0.29, 0.717) is 0 Å². The van der Waals surface area contributed by atoms with Crippen LogP contribution in [0.1, 0.15) is 65.0 Å². The van der Waals surface area contributed by atoms with E-state index < -0.39 is 0 Å². The molecule has 0 saturated carbocycles. The molecule has 1 aliphatic rings. The molecule has 0 aromatic heterocycles. The lowest BCUT2D eigenvalue weighted by molar-refractivity contribution is 0.795. The minimum atomic E-state index is 0.959. The zero-order valence-corrected chi connectivity index (χ0v) is 17.1. The minimum Gasteiger partial charge on any atom is -0.402 e. The number of unbranched alkanes of at least 4 members (excludes halogenated alkanes) is 1. The molecule has 1 aromatic carbocycles. The van der Waals surface area contributed by atoms with Gasteiger partial charge in [0.15, 0.2) is 0 Å². The van der Waals surface area contributed by atoms with Crippen LogP contribution in [0.5, 0.6) is 0 Å². The van der Waals surface area contributed by atoms with E-state index in [1.807, 2.05) is 33.8 Å². The molecule has 0 radical (unpaired) electrons. The molecule has 0 saturated heterocycles. The molecule has 0 bridgehead atoms. The molecule has 0 amide bonds. The van der Waals surface area contributed by atoms with Gasteiger partial charge in [-0.2, -0.15) is 0 Å². The smallest absolute Gasteiger partial charge is 0.0181 e. The summed E-state index contributed by atoms with van der Waals surface area (Å²) in [6, 6.07) is 8.83. The van der Waals surface area contributed by atoms with Crippen molar-refractivity contribution in [2.75, 3.05) is 6.26 Å². The SMILES string of the molecule is CC.CC.CCCCc1ccc(C)cc1.CSC1=CC=C(N)C1. The van der Waals surface area contributed by atoms with E-state index in [9.17, 15) is 0 Å². The fraction of sp³-hybridized carbons (Fsp3) is 0.524. The van der Waals surface area contributed by atoms with Gasteiger partial charge < -0.3 is 5.73 Å². The number of benzene rings is 1. The van der Waals surface area contributed by atoms with E-state index in [4.69, 9.17) is 5.73 Å². The van der Waals surface area contributed by atoms with Gasteiger partial charge in [-0.15, -0.1) is 11.8 Å².